The Bertz CT molecular complexity index is 457. The Kier molecular flexibility index (Phi) is 2.30. The van der Waals surface area contributed by atoms with Crippen LogP contribution in [0.1, 0.15) is 11.1 Å². The Morgan fingerprint density at radius 2 is 2.14 bits per heavy atom. The van der Waals surface area contributed by atoms with E-state index in [1.165, 1.54) is 22.0 Å². The van der Waals surface area contributed by atoms with Gasteiger partial charge in [-0.05, 0) is 18.6 Å². The molecule has 0 bridgehead atoms. The lowest BCUT2D eigenvalue weighted by molar-refractivity contribution is 0.186. The summed E-state index contributed by atoms with van der Waals surface area (Å²) in [6.07, 6.45) is 2.14. The minimum atomic E-state index is 0.683. The van der Waals surface area contributed by atoms with E-state index < -0.39 is 0 Å². The van der Waals surface area contributed by atoms with Crippen LogP contribution in [-0.2, 0) is 18.4 Å². The maximum Gasteiger partial charge on any atom is 0.0734 e. The molecule has 0 radical (unpaired) electrons. The third-order valence-electron chi connectivity index (χ3n) is 2.60. The molecule has 2 rings (SSSR count). The van der Waals surface area contributed by atoms with Crippen molar-refractivity contribution in [2.45, 2.75) is 13.5 Å². The highest BCUT2D eigenvalue weighted by Gasteiger charge is 2.07. The molecule has 2 heteroatoms. The zero-order valence-electron chi connectivity index (χ0n) is 8.87. The summed E-state index contributed by atoms with van der Waals surface area (Å²) in [7, 11) is 3.80. The third kappa shape index (κ3) is 1.32. The predicted molar refractivity (Wildman–Crippen MR) is 58.4 cm³/mol. The van der Waals surface area contributed by atoms with E-state index in [-0.39, 0.29) is 0 Å². The van der Waals surface area contributed by atoms with Gasteiger partial charge in [-0.1, -0.05) is 12.1 Å². The standard InChI is InChI=1S/C12H15NO/c1-9-5-4-6-11-12(9)10(8-14-3)7-13(11)2/h4-7H,8H2,1-3H3. The van der Waals surface area contributed by atoms with E-state index in [0.717, 1.165) is 0 Å². The van der Waals surface area contributed by atoms with Gasteiger partial charge in [0.15, 0.2) is 0 Å². The quantitative estimate of drug-likeness (QED) is 0.708. The molecular weight excluding hydrogens is 174 g/mol. The van der Waals surface area contributed by atoms with Gasteiger partial charge in [0, 0.05) is 36.8 Å². The number of ether oxygens (including phenoxy) is 1. The van der Waals surface area contributed by atoms with E-state index in [1.54, 1.807) is 7.11 Å². The average molecular weight is 189 g/mol. The predicted octanol–water partition coefficient (Wildman–Crippen LogP) is 2.63. The van der Waals surface area contributed by atoms with Crippen LogP contribution in [0.4, 0.5) is 0 Å². The summed E-state index contributed by atoms with van der Waals surface area (Å²) in [4.78, 5) is 0. The molecule has 0 saturated carbocycles. The number of hydrogen-bond acceptors (Lipinski definition) is 1. The molecule has 0 spiro atoms. The van der Waals surface area contributed by atoms with Crippen LogP contribution in [0.25, 0.3) is 10.9 Å². The minimum absolute atomic E-state index is 0.683. The topological polar surface area (TPSA) is 14.2 Å². The summed E-state index contributed by atoms with van der Waals surface area (Å²) in [6, 6.07) is 6.37. The van der Waals surface area contributed by atoms with Gasteiger partial charge in [0.2, 0.25) is 0 Å². The highest BCUT2D eigenvalue weighted by molar-refractivity contribution is 5.87. The second-order valence-corrected chi connectivity index (χ2v) is 3.67. The Labute approximate surface area is 84.1 Å². The minimum Gasteiger partial charge on any atom is -0.380 e. The molecule has 0 atom stereocenters. The van der Waals surface area contributed by atoms with E-state index in [9.17, 15) is 0 Å². The van der Waals surface area contributed by atoms with E-state index >= 15 is 0 Å². The number of benzene rings is 1. The molecule has 14 heavy (non-hydrogen) atoms. The van der Waals surface area contributed by atoms with Crippen molar-refractivity contribution in [1.29, 1.82) is 0 Å². The average Bonchev–Trinajstić information content (AvgIpc) is 2.46. The largest absolute Gasteiger partial charge is 0.380 e. The van der Waals surface area contributed by atoms with Gasteiger partial charge in [-0.2, -0.15) is 0 Å². The van der Waals surface area contributed by atoms with Crippen LogP contribution in [-0.4, -0.2) is 11.7 Å². The molecule has 0 N–H and O–H groups in total. The molecule has 1 aromatic heterocycles. The van der Waals surface area contributed by atoms with Gasteiger partial charge in [-0.3, -0.25) is 0 Å². The first-order valence-corrected chi connectivity index (χ1v) is 4.76. The molecule has 1 heterocycles. The molecule has 0 aliphatic heterocycles. The van der Waals surface area contributed by atoms with Gasteiger partial charge in [0.1, 0.15) is 0 Å². The van der Waals surface area contributed by atoms with Crippen molar-refractivity contribution < 1.29 is 4.74 Å². The Morgan fingerprint density at radius 3 is 2.86 bits per heavy atom. The molecule has 0 aliphatic rings. The van der Waals surface area contributed by atoms with E-state index in [2.05, 4.69) is 42.9 Å². The molecule has 0 unspecified atom stereocenters. The third-order valence-corrected chi connectivity index (χ3v) is 2.60. The molecule has 1 aromatic carbocycles. The monoisotopic (exact) mass is 189 g/mol. The summed E-state index contributed by atoms with van der Waals surface area (Å²) in [5, 5.41) is 1.33. The lowest BCUT2D eigenvalue weighted by Gasteiger charge is -2.00. The van der Waals surface area contributed by atoms with Crippen molar-refractivity contribution in [3.8, 4) is 0 Å². The second kappa shape index (κ2) is 3.46. The summed E-state index contributed by atoms with van der Waals surface area (Å²) in [6.45, 7) is 2.82. The SMILES string of the molecule is COCc1cn(C)c2cccc(C)c12. The molecule has 2 nitrogen and oxygen atoms in total. The van der Waals surface area contributed by atoms with Crippen molar-refractivity contribution in [2.24, 2.45) is 7.05 Å². The van der Waals surface area contributed by atoms with Crippen molar-refractivity contribution in [3.63, 3.8) is 0 Å². The van der Waals surface area contributed by atoms with Crippen LogP contribution < -0.4 is 0 Å². The first-order chi connectivity index (χ1) is 6.74. The molecular formula is C12H15NO. The van der Waals surface area contributed by atoms with Gasteiger partial charge in [0.25, 0.3) is 0 Å². The highest BCUT2D eigenvalue weighted by Crippen LogP contribution is 2.24. The van der Waals surface area contributed by atoms with E-state index in [1.807, 2.05) is 0 Å². The number of methoxy groups -OCH3 is 1. The fourth-order valence-corrected chi connectivity index (χ4v) is 2.00. The van der Waals surface area contributed by atoms with Crippen LogP contribution in [0.3, 0.4) is 0 Å². The van der Waals surface area contributed by atoms with Gasteiger partial charge < -0.3 is 9.30 Å². The first-order valence-electron chi connectivity index (χ1n) is 4.76. The maximum atomic E-state index is 5.19. The number of fused-ring (bicyclic) bond motifs is 1. The summed E-state index contributed by atoms with van der Waals surface area (Å²) >= 11 is 0. The summed E-state index contributed by atoms with van der Waals surface area (Å²) < 4.78 is 7.34. The fourth-order valence-electron chi connectivity index (χ4n) is 2.00. The number of nitrogens with zero attached hydrogens (tertiary/aromatic N) is 1. The van der Waals surface area contributed by atoms with Crippen LogP contribution in [0.5, 0.6) is 0 Å². The molecule has 2 aromatic rings. The molecule has 0 amide bonds. The Hall–Kier alpha value is -1.28. The molecule has 74 valence electrons. The van der Waals surface area contributed by atoms with Crippen molar-refractivity contribution >= 4 is 10.9 Å². The molecule has 0 aliphatic carbocycles. The van der Waals surface area contributed by atoms with Gasteiger partial charge in [-0.15, -0.1) is 0 Å². The van der Waals surface area contributed by atoms with Crippen LogP contribution in [0.15, 0.2) is 24.4 Å². The number of aromatic nitrogens is 1. The number of aryl methyl sites for hydroxylation is 2. The van der Waals surface area contributed by atoms with Crippen molar-refractivity contribution in [2.75, 3.05) is 7.11 Å². The van der Waals surface area contributed by atoms with Crippen LogP contribution >= 0.6 is 0 Å². The van der Waals surface area contributed by atoms with Gasteiger partial charge in [-0.25, -0.2) is 0 Å². The van der Waals surface area contributed by atoms with E-state index in [0.29, 0.717) is 6.61 Å². The lowest BCUT2D eigenvalue weighted by atomic mass is 10.1. The Morgan fingerprint density at radius 1 is 1.36 bits per heavy atom. The van der Waals surface area contributed by atoms with E-state index in [4.69, 9.17) is 4.74 Å². The zero-order valence-corrected chi connectivity index (χ0v) is 8.87. The summed E-state index contributed by atoms with van der Waals surface area (Å²) in [5.74, 6) is 0. The molecule has 0 fully saturated rings. The zero-order chi connectivity index (χ0) is 10.1. The van der Waals surface area contributed by atoms with Gasteiger partial charge >= 0.3 is 0 Å². The maximum absolute atomic E-state index is 5.19. The highest BCUT2D eigenvalue weighted by atomic mass is 16.5. The number of rotatable bonds is 2. The lowest BCUT2D eigenvalue weighted by Crippen LogP contribution is -1.86. The Balaban J connectivity index is 2.72. The molecule has 0 saturated heterocycles. The van der Waals surface area contributed by atoms with Crippen molar-refractivity contribution in [1.82, 2.24) is 4.57 Å². The first kappa shape index (κ1) is 9.28. The smallest absolute Gasteiger partial charge is 0.0734 e. The van der Waals surface area contributed by atoms with Crippen LogP contribution in [0, 0.1) is 6.92 Å². The number of hydrogen-bond donors (Lipinski definition) is 0. The normalized spacial score (nSPS) is 11.1. The summed E-state index contributed by atoms with van der Waals surface area (Å²) in [5.41, 5.74) is 3.86. The fraction of sp³-hybridized carbons (Fsp3) is 0.333. The second-order valence-electron chi connectivity index (χ2n) is 3.67. The van der Waals surface area contributed by atoms with Crippen molar-refractivity contribution in [3.05, 3.63) is 35.5 Å². The van der Waals surface area contributed by atoms with Gasteiger partial charge in [0.05, 0.1) is 6.61 Å². The van der Waals surface area contributed by atoms with Crippen LogP contribution in [0.2, 0.25) is 0 Å².